The number of anilines is 1. The second kappa shape index (κ2) is 5.62. The smallest absolute Gasteiger partial charge is 0.311 e. The Hall–Kier alpha value is -1.21. The lowest BCUT2D eigenvalue weighted by atomic mass is 10.2. The van der Waals surface area contributed by atoms with Crippen molar-refractivity contribution in [1.29, 1.82) is 0 Å². The van der Waals surface area contributed by atoms with Gasteiger partial charge in [0.25, 0.3) is 0 Å². The highest BCUT2D eigenvalue weighted by atomic mass is 79.9. The molecule has 0 bridgehead atoms. The number of ether oxygens (including phenoxy) is 1. The lowest BCUT2D eigenvalue weighted by Crippen LogP contribution is -2.18. The van der Waals surface area contributed by atoms with Crippen molar-refractivity contribution in [3.63, 3.8) is 0 Å². The highest BCUT2D eigenvalue weighted by Crippen LogP contribution is 2.34. The lowest BCUT2D eigenvalue weighted by molar-refractivity contribution is -0.384. The van der Waals surface area contributed by atoms with Gasteiger partial charge in [0, 0.05) is 19.3 Å². The Morgan fingerprint density at radius 1 is 1.56 bits per heavy atom. The fourth-order valence-corrected chi connectivity index (χ4v) is 2.63. The van der Waals surface area contributed by atoms with E-state index in [1.807, 2.05) is 0 Å². The molecule has 0 aliphatic heterocycles. The van der Waals surface area contributed by atoms with Gasteiger partial charge in [-0.2, -0.15) is 0 Å². The van der Waals surface area contributed by atoms with Gasteiger partial charge in [-0.1, -0.05) is 0 Å². The van der Waals surface area contributed by atoms with Gasteiger partial charge >= 0.3 is 5.69 Å². The maximum Gasteiger partial charge on any atom is 0.311 e. The monoisotopic (exact) mass is 315 g/mol. The summed E-state index contributed by atoms with van der Waals surface area (Å²) in [4.78, 5) is 14.3. The Morgan fingerprint density at radius 3 is 2.94 bits per heavy atom. The number of nitrogens with one attached hydrogen (secondary N) is 1. The molecule has 0 aromatic carbocycles. The van der Waals surface area contributed by atoms with E-state index in [0.29, 0.717) is 10.2 Å². The number of hydrogen-bond donors (Lipinski definition) is 1. The second-order valence-corrected chi connectivity index (χ2v) is 5.14. The predicted molar refractivity (Wildman–Crippen MR) is 70.7 cm³/mol. The summed E-state index contributed by atoms with van der Waals surface area (Å²) in [6.07, 6.45) is 5.84. The van der Waals surface area contributed by atoms with Gasteiger partial charge in [-0.3, -0.25) is 15.1 Å². The number of rotatable bonds is 4. The molecule has 0 amide bonds. The highest BCUT2D eigenvalue weighted by molar-refractivity contribution is 9.10. The summed E-state index contributed by atoms with van der Waals surface area (Å²) in [6, 6.07) is 0.201. The molecule has 18 heavy (non-hydrogen) atoms. The molecular weight excluding hydrogens is 302 g/mol. The first kappa shape index (κ1) is 13.2. The molecule has 1 fully saturated rings. The third-order valence-corrected chi connectivity index (χ3v) is 3.74. The van der Waals surface area contributed by atoms with Crippen molar-refractivity contribution in [3.05, 3.63) is 27.0 Å². The average molecular weight is 316 g/mol. The summed E-state index contributed by atoms with van der Waals surface area (Å²) in [5.41, 5.74) is 0.488. The molecule has 2 rings (SSSR count). The van der Waals surface area contributed by atoms with Gasteiger partial charge in [-0.05, 0) is 35.2 Å². The molecule has 1 N–H and O–H groups in total. The molecule has 1 heterocycles. The normalized spacial score (nSPS) is 23.0. The predicted octanol–water partition coefficient (Wildman–Crippen LogP) is 2.73. The molecule has 0 spiro atoms. The van der Waals surface area contributed by atoms with Crippen LogP contribution >= 0.6 is 15.9 Å². The molecule has 98 valence electrons. The fraction of sp³-hybridized carbons (Fsp3) is 0.545. The van der Waals surface area contributed by atoms with Crippen molar-refractivity contribution in [2.24, 2.45) is 0 Å². The number of nitro groups is 1. The molecule has 7 heteroatoms. The van der Waals surface area contributed by atoms with Crippen LogP contribution in [0.25, 0.3) is 0 Å². The SMILES string of the molecule is COC1CCC(Nc2c(Br)cncc2[N+](=O)[O-])C1. The first-order valence-electron chi connectivity index (χ1n) is 5.69. The molecule has 2 atom stereocenters. The van der Waals surface area contributed by atoms with Crippen LogP contribution in [0.4, 0.5) is 11.4 Å². The minimum absolute atomic E-state index is 0.00904. The van der Waals surface area contributed by atoms with Crippen LogP contribution < -0.4 is 5.32 Å². The number of pyridine rings is 1. The summed E-state index contributed by atoms with van der Waals surface area (Å²) < 4.78 is 5.90. The van der Waals surface area contributed by atoms with Gasteiger partial charge in [0.1, 0.15) is 11.9 Å². The maximum atomic E-state index is 10.9. The standard InChI is InChI=1S/C11H14BrN3O3/c1-18-8-3-2-7(4-8)14-11-9(12)5-13-6-10(11)15(16)17/h5-8H,2-4H2,1H3,(H,13,14). The van der Waals surface area contributed by atoms with E-state index in [2.05, 4.69) is 26.2 Å². The molecule has 1 aromatic heterocycles. The van der Waals surface area contributed by atoms with E-state index in [0.717, 1.165) is 19.3 Å². The number of hydrogen-bond acceptors (Lipinski definition) is 5. The van der Waals surface area contributed by atoms with Crippen molar-refractivity contribution in [1.82, 2.24) is 4.98 Å². The highest BCUT2D eigenvalue weighted by Gasteiger charge is 2.27. The molecule has 2 unspecified atom stereocenters. The fourth-order valence-electron chi connectivity index (χ4n) is 2.20. The molecule has 1 aliphatic rings. The quantitative estimate of drug-likeness (QED) is 0.682. The van der Waals surface area contributed by atoms with Crippen LogP contribution in [0.3, 0.4) is 0 Å². The van der Waals surface area contributed by atoms with Crippen LogP contribution in [0, 0.1) is 10.1 Å². The summed E-state index contributed by atoms with van der Waals surface area (Å²) in [5.74, 6) is 0. The topological polar surface area (TPSA) is 77.3 Å². The zero-order chi connectivity index (χ0) is 13.1. The minimum atomic E-state index is -0.428. The summed E-state index contributed by atoms with van der Waals surface area (Å²) in [7, 11) is 1.69. The molecule has 1 saturated carbocycles. The van der Waals surface area contributed by atoms with Crippen molar-refractivity contribution in [2.75, 3.05) is 12.4 Å². The summed E-state index contributed by atoms with van der Waals surface area (Å²) in [5, 5.41) is 14.2. The lowest BCUT2D eigenvalue weighted by Gasteiger charge is -2.15. The minimum Gasteiger partial charge on any atom is -0.381 e. The number of methoxy groups -OCH3 is 1. The van der Waals surface area contributed by atoms with Crippen molar-refractivity contribution < 1.29 is 9.66 Å². The van der Waals surface area contributed by atoms with Crippen molar-refractivity contribution in [3.8, 4) is 0 Å². The molecule has 0 saturated heterocycles. The van der Waals surface area contributed by atoms with E-state index < -0.39 is 4.92 Å². The Morgan fingerprint density at radius 2 is 2.33 bits per heavy atom. The van der Waals surface area contributed by atoms with Gasteiger partial charge in [-0.25, -0.2) is 0 Å². The Kier molecular flexibility index (Phi) is 4.13. The third kappa shape index (κ3) is 2.78. The van der Waals surface area contributed by atoms with Gasteiger partial charge in [-0.15, -0.1) is 0 Å². The largest absolute Gasteiger partial charge is 0.381 e. The van der Waals surface area contributed by atoms with Crippen LogP contribution in [0.2, 0.25) is 0 Å². The van der Waals surface area contributed by atoms with E-state index >= 15 is 0 Å². The summed E-state index contributed by atoms with van der Waals surface area (Å²) >= 11 is 3.29. The molecule has 0 radical (unpaired) electrons. The Labute approximate surface area is 113 Å². The van der Waals surface area contributed by atoms with Crippen molar-refractivity contribution >= 4 is 27.3 Å². The molecule has 1 aliphatic carbocycles. The molecular formula is C11H14BrN3O3. The van der Waals surface area contributed by atoms with Crippen molar-refractivity contribution in [2.45, 2.75) is 31.4 Å². The van der Waals surface area contributed by atoms with E-state index in [1.165, 1.54) is 6.20 Å². The van der Waals surface area contributed by atoms with Crippen LogP contribution in [0.1, 0.15) is 19.3 Å². The van der Waals surface area contributed by atoms with E-state index in [4.69, 9.17) is 4.74 Å². The Bertz CT molecular complexity index is 455. The van der Waals surface area contributed by atoms with Gasteiger partial charge < -0.3 is 10.1 Å². The zero-order valence-electron chi connectivity index (χ0n) is 9.93. The summed E-state index contributed by atoms with van der Waals surface area (Å²) in [6.45, 7) is 0. The van der Waals surface area contributed by atoms with Crippen LogP contribution in [0.15, 0.2) is 16.9 Å². The maximum absolute atomic E-state index is 10.9. The number of nitrogens with zero attached hydrogens (tertiary/aromatic N) is 2. The van der Waals surface area contributed by atoms with E-state index in [-0.39, 0.29) is 17.8 Å². The molecule has 6 nitrogen and oxygen atoms in total. The van der Waals surface area contributed by atoms with Gasteiger partial charge in [0.15, 0.2) is 0 Å². The number of aromatic nitrogens is 1. The van der Waals surface area contributed by atoms with E-state index in [9.17, 15) is 10.1 Å². The average Bonchev–Trinajstić information content (AvgIpc) is 2.79. The van der Waals surface area contributed by atoms with Crippen LogP contribution in [0.5, 0.6) is 0 Å². The first-order chi connectivity index (χ1) is 8.61. The van der Waals surface area contributed by atoms with E-state index in [1.54, 1.807) is 13.3 Å². The van der Waals surface area contributed by atoms with Crippen LogP contribution in [-0.2, 0) is 4.74 Å². The second-order valence-electron chi connectivity index (χ2n) is 4.28. The third-order valence-electron chi connectivity index (χ3n) is 3.14. The molecule has 1 aromatic rings. The van der Waals surface area contributed by atoms with Gasteiger partial charge in [0.05, 0.1) is 15.5 Å². The number of halogens is 1. The Balaban J connectivity index is 2.16. The zero-order valence-corrected chi connectivity index (χ0v) is 11.5. The first-order valence-corrected chi connectivity index (χ1v) is 6.48. The van der Waals surface area contributed by atoms with Gasteiger partial charge in [0.2, 0.25) is 0 Å². The van der Waals surface area contributed by atoms with Crippen LogP contribution in [-0.4, -0.2) is 29.2 Å².